The molecule has 0 aliphatic heterocycles. The highest BCUT2D eigenvalue weighted by molar-refractivity contribution is 9.10. The van der Waals surface area contributed by atoms with Gasteiger partial charge in [0, 0.05) is 17.1 Å². The predicted molar refractivity (Wildman–Crippen MR) is 164 cm³/mol. The van der Waals surface area contributed by atoms with Crippen LogP contribution in [-0.4, -0.2) is 43.8 Å². The van der Waals surface area contributed by atoms with Gasteiger partial charge in [-0.2, -0.15) is 0 Å². The van der Waals surface area contributed by atoms with Crippen LogP contribution < -0.4 is 9.62 Å². The Labute approximate surface area is 254 Å². The summed E-state index contributed by atoms with van der Waals surface area (Å²) < 4.78 is 29.5. The fourth-order valence-corrected chi connectivity index (χ4v) is 5.86. The Morgan fingerprint density at radius 3 is 2.15 bits per heavy atom. The van der Waals surface area contributed by atoms with E-state index in [0.717, 1.165) is 14.3 Å². The summed E-state index contributed by atoms with van der Waals surface area (Å²) in [6.45, 7) is 6.79. The quantitative estimate of drug-likeness (QED) is 0.250. The van der Waals surface area contributed by atoms with Crippen LogP contribution in [0.3, 0.4) is 0 Å². The molecule has 214 valence electrons. The zero-order chi connectivity index (χ0) is 29.6. The van der Waals surface area contributed by atoms with Gasteiger partial charge in [-0.05, 0) is 81.3 Å². The van der Waals surface area contributed by atoms with Crippen molar-refractivity contribution in [2.75, 3.05) is 10.8 Å². The minimum absolute atomic E-state index is 0.0174. The summed E-state index contributed by atoms with van der Waals surface area (Å²) in [7, 11) is -4.13. The van der Waals surface area contributed by atoms with Crippen molar-refractivity contribution in [3.8, 4) is 0 Å². The number of amides is 2. The molecule has 0 unspecified atom stereocenters. The summed E-state index contributed by atoms with van der Waals surface area (Å²) in [5.74, 6) is -0.907. The lowest BCUT2D eigenvalue weighted by Crippen LogP contribution is -2.52. The molecule has 0 saturated carbocycles. The van der Waals surface area contributed by atoms with E-state index in [9.17, 15) is 18.0 Å². The number of anilines is 1. The molecular weight excluding hydrogens is 637 g/mol. The Hall–Kier alpha value is -2.59. The predicted octanol–water partition coefficient (Wildman–Crippen LogP) is 6.59. The number of aryl methyl sites for hydroxylation is 1. The van der Waals surface area contributed by atoms with Crippen molar-refractivity contribution in [1.82, 2.24) is 10.2 Å². The van der Waals surface area contributed by atoms with E-state index in [0.29, 0.717) is 27.7 Å². The second-order valence-corrected chi connectivity index (χ2v) is 13.2. The first-order chi connectivity index (χ1) is 18.8. The van der Waals surface area contributed by atoms with Gasteiger partial charge in [0.15, 0.2) is 0 Å². The molecule has 0 aromatic heterocycles. The average molecular weight is 669 g/mol. The van der Waals surface area contributed by atoms with Crippen LogP contribution in [0, 0.1) is 6.92 Å². The van der Waals surface area contributed by atoms with Crippen molar-refractivity contribution < 1.29 is 18.0 Å². The third-order valence-corrected chi connectivity index (χ3v) is 9.56. The summed E-state index contributed by atoms with van der Waals surface area (Å²) >= 11 is 15.7. The summed E-state index contributed by atoms with van der Waals surface area (Å²) in [6, 6.07) is 17.0. The molecule has 7 nitrogen and oxygen atoms in total. The first-order valence-electron chi connectivity index (χ1n) is 12.7. The van der Waals surface area contributed by atoms with E-state index >= 15 is 0 Å². The first kappa shape index (κ1) is 31.9. The zero-order valence-electron chi connectivity index (χ0n) is 22.7. The molecular formula is C29H32BrCl2N3O4S. The minimum Gasteiger partial charge on any atom is -0.352 e. The number of benzene rings is 3. The Bertz CT molecular complexity index is 1450. The van der Waals surface area contributed by atoms with E-state index in [1.807, 2.05) is 20.8 Å². The average Bonchev–Trinajstić information content (AvgIpc) is 2.92. The van der Waals surface area contributed by atoms with Crippen molar-refractivity contribution in [1.29, 1.82) is 0 Å². The number of halogens is 3. The van der Waals surface area contributed by atoms with Crippen molar-refractivity contribution in [2.24, 2.45) is 0 Å². The molecule has 11 heteroatoms. The highest BCUT2D eigenvalue weighted by atomic mass is 79.9. The van der Waals surface area contributed by atoms with E-state index in [1.54, 1.807) is 61.5 Å². The molecule has 0 saturated heterocycles. The number of hydrogen-bond donors (Lipinski definition) is 1. The number of nitrogens with one attached hydrogen (secondary N) is 1. The molecule has 2 amide bonds. The Morgan fingerprint density at radius 1 is 0.950 bits per heavy atom. The molecule has 3 aromatic carbocycles. The molecule has 40 heavy (non-hydrogen) atoms. The number of nitrogens with zero attached hydrogens (tertiary/aromatic N) is 2. The fourth-order valence-electron chi connectivity index (χ4n) is 3.86. The molecule has 0 bridgehead atoms. The summed E-state index contributed by atoms with van der Waals surface area (Å²) in [5.41, 5.74) is 1.85. The summed E-state index contributed by atoms with van der Waals surface area (Å²) in [6.07, 6.45) is 0.714. The maximum atomic E-state index is 14.0. The molecule has 0 radical (unpaired) electrons. The van der Waals surface area contributed by atoms with Gasteiger partial charge >= 0.3 is 0 Å². The molecule has 0 aliphatic carbocycles. The number of carbonyl (C=O) groups is 2. The third-order valence-electron chi connectivity index (χ3n) is 6.51. The Kier molecular flexibility index (Phi) is 11.1. The number of carbonyl (C=O) groups excluding carboxylic acids is 2. The lowest BCUT2D eigenvalue weighted by atomic mass is 10.1. The maximum Gasteiger partial charge on any atom is 0.264 e. The minimum atomic E-state index is -4.13. The van der Waals surface area contributed by atoms with Crippen molar-refractivity contribution in [3.05, 3.63) is 92.4 Å². The van der Waals surface area contributed by atoms with Crippen LogP contribution in [0.2, 0.25) is 10.0 Å². The Balaban J connectivity index is 2.03. The van der Waals surface area contributed by atoms with Gasteiger partial charge in [0.1, 0.15) is 12.6 Å². The standard InChI is InChI=1S/C29H32BrCl2N3O4S/c1-5-20(3)33-29(37)21(4)34(17-22-8-15-26(31)27(32)16-22)28(36)18-35(24-11-9-23(30)10-12-24)40(38,39)25-13-6-19(2)7-14-25/h6-16,20-21H,5,17-18H2,1-4H3,(H,33,37)/t20-,21-/m0/s1. The largest absolute Gasteiger partial charge is 0.352 e. The second kappa shape index (κ2) is 13.9. The lowest BCUT2D eigenvalue weighted by Gasteiger charge is -2.32. The van der Waals surface area contributed by atoms with Crippen LogP contribution in [0.15, 0.2) is 76.1 Å². The molecule has 3 aromatic rings. The molecule has 3 rings (SSSR count). The van der Waals surface area contributed by atoms with Gasteiger partial charge < -0.3 is 10.2 Å². The van der Waals surface area contributed by atoms with E-state index in [-0.39, 0.29) is 23.4 Å². The van der Waals surface area contributed by atoms with Crippen LogP contribution in [0.4, 0.5) is 5.69 Å². The van der Waals surface area contributed by atoms with Crippen molar-refractivity contribution >= 4 is 66.7 Å². The highest BCUT2D eigenvalue weighted by Crippen LogP contribution is 2.27. The monoisotopic (exact) mass is 667 g/mol. The molecule has 0 spiro atoms. The normalized spacial score (nSPS) is 12.9. The van der Waals surface area contributed by atoms with Gasteiger partial charge in [-0.1, -0.05) is 69.8 Å². The number of sulfonamides is 1. The fraction of sp³-hybridized carbons (Fsp3) is 0.310. The summed E-state index contributed by atoms with van der Waals surface area (Å²) in [5, 5.41) is 3.57. The first-order valence-corrected chi connectivity index (χ1v) is 15.7. The number of hydrogen-bond acceptors (Lipinski definition) is 4. The van der Waals surface area contributed by atoms with Gasteiger partial charge in [-0.3, -0.25) is 13.9 Å². The maximum absolute atomic E-state index is 14.0. The molecule has 0 fully saturated rings. The van der Waals surface area contributed by atoms with Crippen molar-refractivity contribution in [3.63, 3.8) is 0 Å². The SMILES string of the molecule is CC[C@H](C)NC(=O)[C@H](C)N(Cc1ccc(Cl)c(Cl)c1)C(=O)CN(c1ccc(Br)cc1)S(=O)(=O)c1ccc(C)cc1. The van der Waals surface area contributed by atoms with Crippen LogP contribution in [0.25, 0.3) is 0 Å². The zero-order valence-corrected chi connectivity index (χ0v) is 26.6. The van der Waals surface area contributed by atoms with Gasteiger partial charge in [0.25, 0.3) is 10.0 Å². The topological polar surface area (TPSA) is 86.8 Å². The van der Waals surface area contributed by atoms with Gasteiger partial charge in [0.05, 0.1) is 20.6 Å². The third kappa shape index (κ3) is 8.00. The molecule has 2 atom stereocenters. The van der Waals surface area contributed by atoms with Crippen molar-refractivity contribution in [2.45, 2.75) is 57.6 Å². The smallest absolute Gasteiger partial charge is 0.264 e. The lowest BCUT2D eigenvalue weighted by molar-refractivity contribution is -0.139. The summed E-state index contributed by atoms with van der Waals surface area (Å²) in [4.78, 5) is 28.5. The van der Waals surface area contributed by atoms with Gasteiger partial charge in [0.2, 0.25) is 11.8 Å². The van der Waals surface area contributed by atoms with Gasteiger partial charge in [-0.25, -0.2) is 8.42 Å². The van der Waals surface area contributed by atoms with E-state index < -0.39 is 28.5 Å². The molecule has 1 N–H and O–H groups in total. The van der Waals surface area contributed by atoms with Crippen LogP contribution >= 0.6 is 39.1 Å². The molecule has 0 heterocycles. The molecule has 0 aliphatic rings. The van der Waals surface area contributed by atoms with E-state index in [4.69, 9.17) is 23.2 Å². The van der Waals surface area contributed by atoms with E-state index in [1.165, 1.54) is 17.0 Å². The van der Waals surface area contributed by atoms with Crippen LogP contribution in [-0.2, 0) is 26.2 Å². The van der Waals surface area contributed by atoms with E-state index in [2.05, 4.69) is 21.2 Å². The Morgan fingerprint density at radius 2 is 1.57 bits per heavy atom. The van der Waals surface area contributed by atoms with Crippen LogP contribution in [0.5, 0.6) is 0 Å². The van der Waals surface area contributed by atoms with Gasteiger partial charge in [-0.15, -0.1) is 0 Å². The highest BCUT2D eigenvalue weighted by Gasteiger charge is 2.32. The van der Waals surface area contributed by atoms with Crippen LogP contribution in [0.1, 0.15) is 38.3 Å². The number of rotatable bonds is 11. The second-order valence-electron chi connectivity index (χ2n) is 9.57.